The first-order valence-electron chi connectivity index (χ1n) is 7.77. The van der Waals surface area contributed by atoms with Crippen LogP contribution in [0.1, 0.15) is 0 Å². The molecule has 0 fully saturated rings. The molecule has 0 radical (unpaired) electrons. The van der Waals surface area contributed by atoms with Crippen LogP contribution in [0.15, 0.2) is 95.4 Å². The van der Waals surface area contributed by atoms with Gasteiger partial charge in [-0.15, -0.1) is 4.57 Å². The van der Waals surface area contributed by atoms with Crippen LogP contribution in [0.5, 0.6) is 5.88 Å². The van der Waals surface area contributed by atoms with Crippen LogP contribution in [-0.4, -0.2) is 0 Å². The molecule has 3 heteroatoms. The molecule has 3 aromatic carbocycles. The summed E-state index contributed by atoms with van der Waals surface area (Å²) in [6, 6.07) is 28.7. The second kappa shape index (κ2) is 6.05. The summed E-state index contributed by atoms with van der Waals surface area (Å²) in [5, 5.41) is 13.0. The zero-order chi connectivity index (χ0) is 16.4. The fraction of sp³-hybridized carbons (Fsp3) is 0. The number of benzene rings is 3. The smallest absolute Gasteiger partial charge is 0.386 e. The largest absolute Gasteiger partial charge is 0.820 e. The normalized spacial score (nSPS) is 10.7. The number of hydrogen-bond acceptors (Lipinski definition) is 2. The predicted molar refractivity (Wildman–Crippen MR) is 90.6 cm³/mol. The van der Waals surface area contributed by atoms with Gasteiger partial charge in [-0.25, -0.2) is 0 Å². The molecule has 24 heavy (non-hydrogen) atoms. The van der Waals surface area contributed by atoms with Crippen LogP contribution in [-0.2, 0) is 0 Å². The van der Waals surface area contributed by atoms with E-state index in [1.54, 1.807) is 4.57 Å². The summed E-state index contributed by atoms with van der Waals surface area (Å²) in [6.07, 6.45) is 0. The standard InChI is InChI=1S/C21H15NO2/c23-20-19(16-10-4-1-5-11-16)24-21(17-12-6-2-7-13-17)22(20)18-14-8-3-9-15-18/h1-15H. The van der Waals surface area contributed by atoms with Crippen LogP contribution < -0.4 is 9.67 Å². The lowest BCUT2D eigenvalue weighted by atomic mass is 10.2. The summed E-state index contributed by atoms with van der Waals surface area (Å²) in [5.41, 5.74) is 2.42. The summed E-state index contributed by atoms with van der Waals surface area (Å²) in [7, 11) is 0. The Labute approximate surface area is 140 Å². The zero-order valence-corrected chi connectivity index (χ0v) is 12.9. The SMILES string of the molecule is [O-]c1c(-c2ccccc2)oc(-c2ccccc2)[n+]1-c1ccccc1. The van der Waals surface area contributed by atoms with Gasteiger partial charge in [0.1, 0.15) is 0 Å². The van der Waals surface area contributed by atoms with Crippen molar-refractivity contribution in [2.45, 2.75) is 0 Å². The second-order valence-electron chi connectivity index (χ2n) is 5.44. The maximum absolute atomic E-state index is 13.0. The van der Waals surface area contributed by atoms with Crippen molar-refractivity contribution in [3.8, 4) is 34.3 Å². The van der Waals surface area contributed by atoms with Gasteiger partial charge in [0, 0.05) is 17.7 Å². The highest BCUT2D eigenvalue weighted by Gasteiger charge is 2.26. The van der Waals surface area contributed by atoms with Gasteiger partial charge in [0.15, 0.2) is 5.76 Å². The molecule has 0 aliphatic rings. The Morgan fingerprint density at radius 3 is 1.71 bits per heavy atom. The van der Waals surface area contributed by atoms with Crippen molar-refractivity contribution in [3.63, 3.8) is 0 Å². The summed E-state index contributed by atoms with van der Waals surface area (Å²) in [5.74, 6) is 0.718. The van der Waals surface area contributed by atoms with E-state index in [-0.39, 0.29) is 5.88 Å². The molecule has 0 spiro atoms. The van der Waals surface area contributed by atoms with Gasteiger partial charge in [-0.2, -0.15) is 0 Å². The molecule has 0 aliphatic carbocycles. The number of hydrogen-bond donors (Lipinski definition) is 0. The van der Waals surface area contributed by atoms with Crippen LogP contribution in [0.3, 0.4) is 0 Å². The van der Waals surface area contributed by atoms with E-state index in [2.05, 4.69) is 0 Å². The van der Waals surface area contributed by atoms with Crippen LogP contribution in [0.2, 0.25) is 0 Å². The predicted octanol–water partition coefficient (Wildman–Crippen LogP) is 3.96. The van der Waals surface area contributed by atoms with Crippen LogP contribution >= 0.6 is 0 Å². The summed E-state index contributed by atoms with van der Waals surface area (Å²) < 4.78 is 7.65. The Balaban J connectivity index is 1.99. The minimum atomic E-state index is -0.161. The van der Waals surface area contributed by atoms with Gasteiger partial charge in [0.05, 0.1) is 5.56 Å². The maximum atomic E-state index is 13.0. The molecule has 3 nitrogen and oxygen atoms in total. The quantitative estimate of drug-likeness (QED) is 0.537. The lowest BCUT2D eigenvalue weighted by Gasteiger charge is -2.02. The maximum Gasteiger partial charge on any atom is 0.386 e. The van der Waals surface area contributed by atoms with Crippen molar-refractivity contribution in [1.29, 1.82) is 0 Å². The minimum Gasteiger partial charge on any atom is -0.820 e. The average molecular weight is 313 g/mol. The molecule has 4 rings (SSSR count). The molecule has 1 aromatic heterocycles. The molecular weight excluding hydrogens is 298 g/mol. The number of para-hydroxylation sites is 1. The van der Waals surface area contributed by atoms with Gasteiger partial charge in [0.25, 0.3) is 0 Å². The van der Waals surface area contributed by atoms with Crippen molar-refractivity contribution >= 4 is 0 Å². The van der Waals surface area contributed by atoms with Crippen LogP contribution in [0.25, 0.3) is 28.5 Å². The average Bonchev–Trinajstić information content (AvgIpc) is 3.01. The number of aromatic nitrogens is 1. The van der Waals surface area contributed by atoms with Crippen LogP contribution in [0, 0.1) is 0 Å². The summed E-state index contributed by atoms with van der Waals surface area (Å²) >= 11 is 0. The van der Waals surface area contributed by atoms with Crippen molar-refractivity contribution in [1.82, 2.24) is 0 Å². The Morgan fingerprint density at radius 2 is 1.12 bits per heavy atom. The first kappa shape index (κ1) is 14.3. The van der Waals surface area contributed by atoms with Crippen molar-refractivity contribution in [2.75, 3.05) is 0 Å². The van der Waals surface area contributed by atoms with Gasteiger partial charge >= 0.3 is 5.89 Å². The van der Waals surface area contributed by atoms with E-state index in [0.717, 1.165) is 16.8 Å². The van der Waals surface area contributed by atoms with E-state index < -0.39 is 0 Å². The van der Waals surface area contributed by atoms with Gasteiger partial charge < -0.3 is 9.52 Å². The van der Waals surface area contributed by atoms with Crippen molar-refractivity contribution in [2.24, 2.45) is 0 Å². The fourth-order valence-electron chi connectivity index (χ4n) is 2.73. The zero-order valence-electron chi connectivity index (χ0n) is 12.9. The first-order valence-corrected chi connectivity index (χ1v) is 7.77. The Bertz CT molecular complexity index is 945. The van der Waals surface area contributed by atoms with E-state index in [1.165, 1.54) is 0 Å². The Kier molecular flexibility index (Phi) is 3.60. The third kappa shape index (κ3) is 2.46. The van der Waals surface area contributed by atoms with E-state index >= 15 is 0 Å². The highest BCUT2D eigenvalue weighted by molar-refractivity contribution is 5.63. The first-order chi connectivity index (χ1) is 11.8. The van der Waals surface area contributed by atoms with Gasteiger partial charge in [-0.1, -0.05) is 66.7 Å². The molecule has 116 valence electrons. The fourth-order valence-corrected chi connectivity index (χ4v) is 2.73. The molecular formula is C21H15NO2. The van der Waals surface area contributed by atoms with E-state index in [0.29, 0.717) is 11.7 Å². The topological polar surface area (TPSA) is 40.1 Å². The van der Waals surface area contributed by atoms with Crippen molar-refractivity contribution < 1.29 is 14.1 Å². The highest BCUT2D eigenvalue weighted by Crippen LogP contribution is 2.32. The van der Waals surface area contributed by atoms with Gasteiger partial charge in [-0.3, -0.25) is 0 Å². The van der Waals surface area contributed by atoms with Gasteiger partial charge in [-0.05, 0) is 12.1 Å². The molecule has 0 saturated carbocycles. The molecule has 0 saturated heterocycles. The molecule has 0 bridgehead atoms. The lowest BCUT2D eigenvalue weighted by Crippen LogP contribution is -2.34. The molecule has 0 amide bonds. The summed E-state index contributed by atoms with van der Waals surface area (Å²) in [6.45, 7) is 0. The monoisotopic (exact) mass is 313 g/mol. The molecule has 1 heterocycles. The number of oxazole rings is 1. The Morgan fingerprint density at radius 1 is 0.625 bits per heavy atom. The minimum absolute atomic E-state index is 0.161. The van der Waals surface area contributed by atoms with Gasteiger partial charge in [0.2, 0.25) is 11.6 Å². The number of rotatable bonds is 3. The Hall–Kier alpha value is -3.33. The molecule has 0 unspecified atom stereocenters. The molecule has 4 aromatic rings. The lowest BCUT2D eigenvalue weighted by molar-refractivity contribution is -0.640. The van der Waals surface area contributed by atoms with E-state index in [9.17, 15) is 5.11 Å². The molecule has 0 N–H and O–H groups in total. The number of nitrogens with zero attached hydrogens (tertiary/aromatic N) is 1. The van der Waals surface area contributed by atoms with E-state index in [4.69, 9.17) is 4.42 Å². The highest BCUT2D eigenvalue weighted by atomic mass is 16.4. The van der Waals surface area contributed by atoms with E-state index in [1.807, 2.05) is 91.0 Å². The third-order valence-corrected chi connectivity index (χ3v) is 3.87. The molecule has 0 aliphatic heterocycles. The summed E-state index contributed by atoms with van der Waals surface area (Å²) in [4.78, 5) is 0. The second-order valence-corrected chi connectivity index (χ2v) is 5.44. The third-order valence-electron chi connectivity index (χ3n) is 3.87. The van der Waals surface area contributed by atoms with Crippen molar-refractivity contribution in [3.05, 3.63) is 91.0 Å². The van der Waals surface area contributed by atoms with Crippen LogP contribution in [0.4, 0.5) is 0 Å². The molecule has 0 atom stereocenters.